The van der Waals surface area contributed by atoms with E-state index in [1.165, 1.54) is 17.9 Å². The van der Waals surface area contributed by atoms with Crippen LogP contribution in [0.2, 0.25) is 0 Å². The smallest absolute Gasteiger partial charge is 0.383 e. The molecular weight excluding hydrogens is 269 g/mol. The van der Waals surface area contributed by atoms with Gasteiger partial charge in [-0.3, -0.25) is 9.48 Å². The van der Waals surface area contributed by atoms with Crippen molar-refractivity contribution in [3.8, 4) is 0 Å². The number of anilines is 1. The molecule has 0 aliphatic rings. The fraction of sp³-hybridized carbons (Fsp3) is 0.222. The Bertz CT molecular complexity index is 601. The number of hydrogen-bond donors (Lipinski definition) is 1. The number of halogens is 3. The summed E-state index contributed by atoms with van der Waals surface area (Å²) in [5.74, 6) is -0.518. The fourth-order valence-electron chi connectivity index (χ4n) is 1.26. The molecule has 18 heavy (non-hydrogen) atoms. The number of nitrogen functional groups attached to an aromatic ring is 1. The zero-order valence-corrected chi connectivity index (χ0v) is 9.84. The van der Waals surface area contributed by atoms with Crippen molar-refractivity contribution in [1.29, 1.82) is 0 Å². The van der Waals surface area contributed by atoms with Crippen LogP contribution in [-0.4, -0.2) is 20.5 Å². The van der Waals surface area contributed by atoms with E-state index < -0.39 is 17.0 Å². The molecular formula is C9H7F3N4OS. The van der Waals surface area contributed by atoms with Gasteiger partial charge in [0.05, 0.1) is 16.6 Å². The lowest BCUT2D eigenvalue weighted by molar-refractivity contribution is -0.137. The van der Waals surface area contributed by atoms with E-state index in [4.69, 9.17) is 5.73 Å². The Morgan fingerprint density at radius 3 is 2.56 bits per heavy atom. The Hall–Kier alpha value is -1.90. The molecule has 0 amide bonds. The van der Waals surface area contributed by atoms with Crippen molar-refractivity contribution >= 4 is 22.9 Å². The van der Waals surface area contributed by atoms with Crippen LogP contribution in [0.25, 0.3) is 0 Å². The molecule has 0 spiro atoms. The van der Waals surface area contributed by atoms with Crippen LogP contribution in [0.4, 0.5) is 19.0 Å². The van der Waals surface area contributed by atoms with E-state index in [0.29, 0.717) is 0 Å². The Balaban J connectivity index is 2.36. The highest BCUT2D eigenvalue weighted by Gasteiger charge is 2.35. The first kappa shape index (κ1) is 12.6. The molecule has 2 rings (SSSR count). The van der Waals surface area contributed by atoms with Crippen LogP contribution in [0.15, 0.2) is 12.4 Å². The van der Waals surface area contributed by atoms with Gasteiger partial charge in [0.15, 0.2) is 5.01 Å². The average molecular weight is 276 g/mol. The van der Waals surface area contributed by atoms with E-state index in [0.717, 1.165) is 6.20 Å². The number of nitrogens with zero attached hydrogens (tertiary/aromatic N) is 3. The zero-order valence-electron chi connectivity index (χ0n) is 9.02. The van der Waals surface area contributed by atoms with Gasteiger partial charge in [-0.05, 0) is 0 Å². The number of hydrogen-bond acceptors (Lipinski definition) is 5. The van der Waals surface area contributed by atoms with Crippen molar-refractivity contribution in [2.24, 2.45) is 7.05 Å². The summed E-state index contributed by atoms with van der Waals surface area (Å²) in [4.78, 5) is 14.9. The van der Waals surface area contributed by atoms with Crippen molar-refractivity contribution in [1.82, 2.24) is 14.8 Å². The van der Waals surface area contributed by atoms with Crippen molar-refractivity contribution in [3.63, 3.8) is 0 Å². The standard InChI is InChI=1S/C9H7F3N4OS/c1-16-7(13)4(2-15-16)6(17)5-3-14-8(18-5)9(10,11)12/h2-3H,13H2,1H3. The predicted octanol–water partition coefficient (Wildman–Crippen LogP) is 1.71. The van der Waals surface area contributed by atoms with Crippen LogP contribution in [-0.2, 0) is 13.2 Å². The largest absolute Gasteiger partial charge is 0.443 e. The topological polar surface area (TPSA) is 73.8 Å². The first-order valence-corrected chi connectivity index (χ1v) is 5.47. The molecule has 0 atom stereocenters. The van der Waals surface area contributed by atoms with E-state index in [9.17, 15) is 18.0 Å². The minimum absolute atomic E-state index is 0.0647. The molecule has 0 fully saturated rings. The molecule has 0 saturated carbocycles. The molecule has 5 nitrogen and oxygen atoms in total. The van der Waals surface area contributed by atoms with Gasteiger partial charge in [-0.1, -0.05) is 0 Å². The Morgan fingerprint density at radius 2 is 2.11 bits per heavy atom. The second-order valence-corrected chi connectivity index (χ2v) is 4.45. The van der Waals surface area contributed by atoms with Crippen molar-refractivity contribution in [3.05, 3.63) is 27.8 Å². The van der Waals surface area contributed by atoms with Gasteiger partial charge in [0.2, 0.25) is 5.78 Å². The average Bonchev–Trinajstić information content (AvgIpc) is 2.86. The summed E-state index contributed by atoms with van der Waals surface area (Å²) >= 11 is 0.282. The van der Waals surface area contributed by atoms with Crippen LogP contribution >= 0.6 is 11.3 Å². The van der Waals surface area contributed by atoms with Crippen molar-refractivity contribution < 1.29 is 18.0 Å². The molecule has 0 unspecified atom stereocenters. The highest BCUT2D eigenvalue weighted by atomic mass is 32.1. The zero-order chi connectivity index (χ0) is 13.5. The minimum Gasteiger partial charge on any atom is -0.383 e. The molecule has 0 saturated heterocycles. The molecule has 0 aromatic carbocycles. The first-order valence-electron chi connectivity index (χ1n) is 4.66. The summed E-state index contributed by atoms with van der Waals surface area (Å²) in [5.41, 5.74) is 5.64. The van der Waals surface area contributed by atoms with E-state index in [2.05, 4.69) is 10.1 Å². The predicted molar refractivity (Wildman–Crippen MR) is 58.2 cm³/mol. The first-order chi connectivity index (χ1) is 8.30. The number of carbonyl (C=O) groups is 1. The van der Waals surface area contributed by atoms with Gasteiger partial charge in [-0.2, -0.15) is 18.3 Å². The normalized spacial score (nSPS) is 11.8. The maximum atomic E-state index is 12.3. The SMILES string of the molecule is Cn1ncc(C(=O)c2cnc(C(F)(F)F)s2)c1N. The van der Waals surface area contributed by atoms with Crippen LogP contribution in [0.5, 0.6) is 0 Å². The second-order valence-electron chi connectivity index (χ2n) is 3.42. The third kappa shape index (κ3) is 2.08. The van der Waals surface area contributed by atoms with Crippen LogP contribution < -0.4 is 5.73 Å². The molecule has 2 heterocycles. The Kier molecular flexibility index (Phi) is 2.85. The van der Waals surface area contributed by atoms with Gasteiger partial charge in [0.1, 0.15) is 5.82 Å². The molecule has 0 aliphatic carbocycles. The summed E-state index contributed by atoms with van der Waals surface area (Å²) in [6, 6.07) is 0. The number of rotatable bonds is 2. The number of aromatic nitrogens is 3. The molecule has 96 valence electrons. The van der Waals surface area contributed by atoms with E-state index in [-0.39, 0.29) is 27.6 Å². The molecule has 9 heteroatoms. The Morgan fingerprint density at radius 1 is 1.44 bits per heavy atom. The fourth-order valence-corrected chi connectivity index (χ4v) is 2.00. The number of aryl methyl sites for hydroxylation is 1. The number of carbonyl (C=O) groups excluding carboxylic acids is 1. The highest BCUT2D eigenvalue weighted by molar-refractivity contribution is 7.14. The van der Waals surface area contributed by atoms with Gasteiger partial charge in [0.25, 0.3) is 0 Å². The number of alkyl halides is 3. The molecule has 2 aromatic rings. The third-order valence-electron chi connectivity index (χ3n) is 2.20. The van der Waals surface area contributed by atoms with Crippen LogP contribution in [0, 0.1) is 0 Å². The van der Waals surface area contributed by atoms with E-state index >= 15 is 0 Å². The summed E-state index contributed by atoms with van der Waals surface area (Å²) in [7, 11) is 1.53. The monoisotopic (exact) mass is 276 g/mol. The van der Waals surface area contributed by atoms with Crippen molar-refractivity contribution in [2.75, 3.05) is 5.73 Å². The quantitative estimate of drug-likeness (QED) is 0.847. The number of ketones is 1. The number of thiazole rings is 1. The van der Waals surface area contributed by atoms with Crippen LogP contribution in [0.1, 0.15) is 20.2 Å². The molecule has 0 radical (unpaired) electrons. The lowest BCUT2D eigenvalue weighted by atomic mass is 10.2. The van der Waals surface area contributed by atoms with Gasteiger partial charge >= 0.3 is 6.18 Å². The van der Waals surface area contributed by atoms with Gasteiger partial charge in [0, 0.05) is 13.2 Å². The van der Waals surface area contributed by atoms with Crippen LogP contribution in [0.3, 0.4) is 0 Å². The molecule has 2 N–H and O–H groups in total. The van der Waals surface area contributed by atoms with Crippen molar-refractivity contribution in [2.45, 2.75) is 6.18 Å². The maximum Gasteiger partial charge on any atom is 0.443 e. The maximum absolute atomic E-state index is 12.3. The summed E-state index contributed by atoms with van der Waals surface area (Å²) in [5, 5.41) is 2.69. The summed E-state index contributed by atoms with van der Waals surface area (Å²) in [6.07, 6.45) is -2.45. The van der Waals surface area contributed by atoms with Gasteiger partial charge < -0.3 is 5.73 Å². The molecule has 2 aromatic heterocycles. The molecule has 0 aliphatic heterocycles. The lowest BCUT2D eigenvalue weighted by Crippen LogP contribution is -2.05. The van der Waals surface area contributed by atoms with E-state index in [1.54, 1.807) is 0 Å². The molecule has 0 bridgehead atoms. The minimum atomic E-state index is -4.55. The van der Waals surface area contributed by atoms with Gasteiger partial charge in [-0.25, -0.2) is 4.98 Å². The highest BCUT2D eigenvalue weighted by Crippen LogP contribution is 2.33. The Labute approximate surface area is 103 Å². The summed E-state index contributed by atoms with van der Waals surface area (Å²) < 4.78 is 38.3. The lowest BCUT2D eigenvalue weighted by Gasteiger charge is -1.99. The number of nitrogens with two attached hydrogens (primary N) is 1. The third-order valence-corrected chi connectivity index (χ3v) is 3.24. The van der Waals surface area contributed by atoms with E-state index in [1.807, 2.05) is 0 Å². The van der Waals surface area contributed by atoms with Gasteiger partial charge in [-0.15, -0.1) is 11.3 Å². The summed E-state index contributed by atoms with van der Waals surface area (Å²) in [6.45, 7) is 0. The second kappa shape index (κ2) is 4.09.